The molecule has 0 amide bonds. The topological polar surface area (TPSA) is 55.8 Å². The molecular formula is C30H54O4. The lowest BCUT2D eigenvalue weighted by Gasteiger charge is -2.15. The highest BCUT2D eigenvalue weighted by Gasteiger charge is 2.13. The standard InChI is InChI=1S/C30H54O4/c1-3-5-7-8-9-10-11-12-13-14-15-16-17-18-19-20-21-22-23-24-26-33-28-29(27-31)34-30(32)25-6-4-2/h9-10,12-13,15-16,29,31H,3-8,11,14,17-28H2,1-2H3/b10-9-,13-12-,16-15-. The zero-order valence-electron chi connectivity index (χ0n) is 22.4. The van der Waals surface area contributed by atoms with E-state index in [4.69, 9.17) is 9.47 Å². The summed E-state index contributed by atoms with van der Waals surface area (Å²) in [4.78, 5) is 11.6. The summed E-state index contributed by atoms with van der Waals surface area (Å²) in [6.07, 6.45) is 32.5. The Bertz CT molecular complexity index is 510. The van der Waals surface area contributed by atoms with Gasteiger partial charge in [0.15, 0.2) is 0 Å². The van der Waals surface area contributed by atoms with Gasteiger partial charge in [0.1, 0.15) is 6.10 Å². The molecule has 0 rings (SSSR count). The van der Waals surface area contributed by atoms with Crippen molar-refractivity contribution < 1.29 is 19.4 Å². The maximum absolute atomic E-state index is 11.6. The predicted octanol–water partition coefficient (Wildman–Crippen LogP) is 8.25. The van der Waals surface area contributed by atoms with Crippen molar-refractivity contribution in [2.45, 2.75) is 129 Å². The van der Waals surface area contributed by atoms with Crippen LogP contribution in [0.3, 0.4) is 0 Å². The fraction of sp³-hybridized carbons (Fsp3) is 0.767. The van der Waals surface area contributed by atoms with E-state index in [1.54, 1.807) is 0 Å². The molecule has 0 spiro atoms. The van der Waals surface area contributed by atoms with Gasteiger partial charge < -0.3 is 14.6 Å². The minimum absolute atomic E-state index is 0.180. The molecule has 1 unspecified atom stereocenters. The monoisotopic (exact) mass is 478 g/mol. The zero-order chi connectivity index (χ0) is 25.0. The average molecular weight is 479 g/mol. The van der Waals surface area contributed by atoms with Crippen molar-refractivity contribution in [2.24, 2.45) is 0 Å². The molecule has 0 heterocycles. The summed E-state index contributed by atoms with van der Waals surface area (Å²) < 4.78 is 10.8. The third-order valence-electron chi connectivity index (χ3n) is 5.72. The molecule has 0 aromatic heterocycles. The molecule has 0 bridgehead atoms. The second-order valence-electron chi connectivity index (χ2n) is 9.12. The zero-order valence-corrected chi connectivity index (χ0v) is 22.4. The first-order chi connectivity index (χ1) is 16.7. The molecular weight excluding hydrogens is 424 g/mol. The highest BCUT2D eigenvalue weighted by molar-refractivity contribution is 5.69. The SMILES string of the molecule is CCCCC/C=C\C/C=C\C/C=C\CCCCCCCCCOCC(CO)OC(=O)CCCC. The predicted molar refractivity (Wildman–Crippen MR) is 145 cm³/mol. The molecule has 0 aromatic carbocycles. The number of unbranched alkanes of at least 4 members (excludes halogenated alkanes) is 11. The number of hydrogen-bond acceptors (Lipinski definition) is 4. The molecule has 0 saturated carbocycles. The normalized spacial score (nSPS) is 12.9. The first-order valence-electron chi connectivity index (χ1n) is 14.1. The van der Waals surface area contributed by atoms with E-state index < -0.39 is 6.10 Å². The summed E-state index contributed by atoms with van der Waals surface area (Å²) >= 11 is 0. The Balaban J connectivity index is 3.39. The molecule has 0 aliphatic carbocycles. The molecule has 0 aliphatic rings. The average Bonchev–Trinajstić information content (AvgIpc) is 2.85. The molecule has 0 aliphatic heterocycles. The van der Waals surface area contributed by atoms with Crippen LogP contribution in [0.15, 0.2) is 36.5 Å². The lowest BCUT2D eigenvalue weighted by molar-refractivity contribution is -0.154. The third-order valence-corrected chi connectivity index (χ3v) is 5.72. The molecule has 0 saturated heterocycles. The van der Waals surface area contributed by atoms with Gasteiger partial charge in [0.2, 0.25) is 0 Å². The molecule has 1 atom stereocenters. The van der Waals surface area contributed by atoms with Crippen molar-refractivity contribution in [2.75, 3.05) is 19.8 Å². The van der Waals surface area contributed by atoms with E-state index in [0.717, 1.165) is 32.1 Å². The third kappa shape index (κ3) is 25.2. The number of aliphatic hydroxyl groups is 1. The van der Waals surface area contributed by atoms with E-state index >= 15 is 0 Å². The quantitative estimate of drug-likeness (QED) is 0.0815. The Morgan fingerprint density at radius 1 is 0.706 bits per heavy atom. The molecule has 198 valence electrons. The molecule has 0 aromatic rings. The van der Waals surface area contributed by atoms with Gasteiger partial charge in [-0.05, 0) is 51.4 Å². The van der Waals surface area contributed by atoms with Crippen LogP contribution in [0, 0.1) is 0 Å². The number of carbonyl (C=O) groups excluding carboxylic acids is 1. The van der Waals surface area contributed by atoms with Gasteiger partial charge in [-0.3, -0.25) is 4.79 Å². The number of rotatable bonds is 25. The smallest absolute Gasteiger partial charge is 0.306 e. The number of esters is 1. The fourth-order valence-corrected chi connectivity index (χ4v) is 3.54. The highest BCUT2D eigenvalue weighted by Crippen LogP contribution is 2.10. The summed E-state index contributed by atoms with van der Waals surface area (Å²) in [7, 11) is 0. The molecule has 0 radical (unpaired) electrons. The second-order valence-corrected chi connectivity index (χ2v) is 9.12. The van der Waals surface area contributed by atoms with Crippen LogP contribution < -0.4 is 0 Å². The van der Waals surface area contributed by atoms with Crippen LogP contribution in [-0.2, 0) is 14.3 Å². The summed E-state index contributed by atoms with van der Waals surface area (Å²) in [5.74, 6) is -0.242. The molecule has 4 heteroatoms. The number of allylic oxidation sites excluding steroid dienone is 6. The van der Waals surface area contributed by atoms with Crippen LogP contribution in [0.5, 0.6) is 0 Å². The minimum atomic E-state index is -0.531. The van der Waals surface area contributed by atoms with Crippen molar-refractivity contribution in [1.29, 1.82) is 0 Å². The van der Waals surface area contributed by atoms with E-state index in [2.05, 4.69) is 43.4 Å². The summed E-state index contributed by atoms with van der Waals surface area (Å²) in [6.45, 7) is 5.05. The molecule has 1 N–H and O–H groups in total. The maximum atomic E-state index is 11.6. The van der Waals surface area contributed by atoms with Gasteiger partial charge in [0.05, 0.1) is 13.2 Å². The van der Waals surface area contributed by atoms with Gasteiger partial charge in [-0.15, -0.1) is 0 Å². The Morgan fingerprint density at radius 2 is 1.24 bits per heavy atom. The largest absolute Gasteiger partial charge is 0.457 e. The first-order valence-corrected chi connectivity index (χ1v) is 14.1. The van der Waals surface area contributed by atoms with Gasteiger partial charge in [0, 0.05) is 13.0 Å². The van der Waals surface area contributed by atoms with Crippen LogP contribution in [0.4, 0.5) is 0 Å². The van der Waals surface area contributed by atoms with Crippen LogP contribution in [0.25, 0.3) is 0 Å². The van der Waals surface area contributed by atoms with Gasteiger partial charge in [0.25, 0.3) is 0 Å². The van der Waals surface area contributed by atoms with E-state index in [9.17, 15) is 9.90 Å². The Morgan fingerprint density at radius 3 is 1.82 bits per heavy atom. The van der Waals surface area contributed by atoms with Crippen molar-refractivity contribution in [3.63, 3.8) is 0 Å². The van der Waals surface area contributed by atoms with Crippen molar-refractivity contribution in [1.82, 2.24) is 0 Å². The Labute approximate surface area is 210 Å². The lowest BCUT2D eigenvalue weighted by Crippen LogP contribution is -2.27. The van der Waals surface area contributed by atoms with Crippen LogP contribution in [-0.4, -0.2) is 37.0 Å². The van der Waals surface area contributed by atoms with E-state index in [-0.39, 0.29) is 19.2 Å². The lowest BCUT2D eigenvalue weighted by atomic mass is 10.1. The number of ether oxygens (including phenoxy) is 2. The fourth-order valence-electron chi connectivity index (χ4n) is 3.54. The summed E-state index contributed by atoms with van der Waals surface area (Å²) in [5.41, 5.74) is 0. The van der Waals surface area contributed by atoms with Crippen molar-refractivity contribution >= 4 is 5.97 Å². The van der Waals surface area contributed by atoms with Gasteiger partial charge in [-0.1, -0.05) is 102 Å². The van der Waals surface area contributed by atoms with Crippen LogP contribution in [0.1, 0.15) is 123 Å². The number of aliphatic hydroxyl groups excluding tert-OH is 1. The highest BCUT2D eigenvalue weighted by atomic mass is 16.6. The van der Waals surface area contributed by atoms with E-state index in [1.807, 2.05) is 6.92 Å². The van der Waals surface area contributed by atoms with Crippen LogP contribution in [0.2, 0.25) is 0 Å². The van der Waals surface area contributed by atoms with Gasteiger partial charge in [-0.25, -0.2) is 0 Å². The minimum Gasteiger partial charge on any atom is -0.457 e. The maximum Gasteiger partial charge on any atom is 0.306 e. The van der Waals surface area contributed by atoms with E-state index in [0.29, 0.717) is 13.0 Å². The number of carbonyl (C=O) groups is 1. The van der Waals surface area contributed by atoms with Crippen LogP contribution >= 0.6 is 0 Å². The van der Waals surface area contributed by atoms with Gasteiger partial charge >= 0.3 is 5.97 Å². The molecule has 34 heavy (non-hydrogen) atoms. The molecule has 0 fully saturated rings. The van der Waals surface area contributed by atoms with E-state index in [1.165, 1.54) is 70.6 Å². The van der Waals surface area contributed by atoms with Crippen molar-refractivity contribution in [3.05, 3.63) is 36.5 Å². The van der Waals surface area contributed by atoms with Crippen molar-refractivity contribution in [3.8, 4) is 0 Å². The summed E-state index contributed by atoms with van der Waals surface area (Å²) in [6, 6.07) is 0. The Hall–Kier alpha value is -1.39. The summed E-state index contributed by atoms with van der Waals surface area (Å²) in [5, 5.41) is 9.31. The molecule has 4 nitrogen and oxygen atoms in total. The first kappa shape index (κ1) is 32.6. The second kappa shape index (κ2) is 27.9. The Kier molecular flexibility index (Phi) is 26.7. The van der Waals surface area contributed by atoms with Gasteiger partial charge in [-0.2, -0.15) is 0 Å². The number of hydrogen-bond donors (Lipinski definition) is 1.